The molecule has 0 aliphatic heterocycles. The molecule has 18 heavy (non-hydrogen) atoms. The van der Waals surface area contributed by atoms with Crippen molar-refractivity contribution in [2.45, 2.75) is 6.42 Å². The molecule has 0 amide bonds. The van der Waals surface area contributed by atoms with Crippen LogP contribution in [0.2, 0.25) is 0 Å². The molecule has 0 saturated heterocycles. The maximum absolute atomic E-state index is 5.72. The molecule has 2 rings (SSSR count). The third-order valence-electron chi connectivity index (χ3n) is 2.70. The fourth-order valence-electron chi connectivity index (χ4n) is 1.67. The molecular formula is C15H18N2O. The second-order valence-electron chi connectivity index (χ2n) is 4.17. The van der Waals surface area contributed by atoms with Gasteiger partial charge >= 0.3 is 0 Å². The molecule has 3 heteroatoms. The summed E-state index contributed by atoms with van der Waals surface area (Å²) in [6.07, 6.45) is 1.03. The molecule has 3 N–H and O–H groups in total. The van der Waals surface area contributed by atoms with Crippen molar-refractivity contribution >= 4 is 5.69 Å². The Balaban J connectivity index is 1.99. The second-order valence-corrected chi connectivity index (χ2v) is 4.17. The quantitative estimate of drug-likeness (QED) is 0.793. The van der Waals surface area contributed by atoms with E-state index in [0.29, 0.717) is 0 Å². The SMILES string of the molecule is CNCCc1ccc(Oc2ccc(N)cc2)cc1. The normalized spacial score (nSPS) is 10.3. The molecular weight excluding hydrogens is 224 g/mol. The van der Waals surface area contributed by atoms with Crippen LogP contribution in [0, 0.1) is 0 Å². The molecule has 0 heterocycles. The smallest absolute Gasteiger partial charge is 0.127 e. The van der Waals surface area contributed by atoms with Gasteiger partial charge in [-0.2, -0.15) is 0 Å². The monoisotopic (exact) mass is 242 g/mol. The lowest BCUT2D eigenvalue weighted by Gasteiger charge is -2.07. The number of nitrogens with two attached hydrogens (primary N) is 1. The molecule has 0 unspecified atom stereocenters. The standard InChI is InChI=1S/C15H18N2O/c1-17-11-10-12-2-6-14(7-3-12)18-15-8-4-13(16)5-9-15/h2-9,17H,10-11,16H2,1H3. The first kappa shape index (κ1) is 12.5. The molecule has 94 valence electrons. The van der Waals surface area contributed by atoms with Gasteiger partial charge in [0.1, 0.15) is 11.5 Å². The number of hydrogen-bond donors (Lipinski definition) is 2. The van der Waals surface area contributed by atoms with E-state index in [-0.39, 0.29) is 0 Å². The highest BCUT2D eigenvalue weighted by Gasteiger charge is 1.98. The molecule has 0 bridgehead atoms. The molecule has 0 atom stereocenters. The van der Waals surface area contributed by atoms with E-state index in [1.54, 1.807) is 0 Å². The van der Waals surface area contributed by atoms with Gasteiger partial charge in [-0.3, -0.25) is 0 Å². The Morgan fingerprint density at radius 3 is 2.06 bits per heavy atom. The van der Waals surface area contributed by atoms with Gasteiger partial charge in [0.05, 0.1) is 0 Å². The van der Waals surface area contributed by atoms with Gasteiger partial charge < -0.3 is 15.8 Å². The van der Waals surface area contributed by atoms with E-state index in [9.17, 15) is 0 Å². The molecule has 0 saturated carbocycles. The number of anilines is 1. The molecule has 0 radical (unpaired) electrons. The fraction of sp³-hybridized carbons (Fsp3) is 0.200. The number of hydrogen-bond acceptors (Lipinski definition) is 3. The molecule has 0 fully saturated rings. The van der Waals surface area contributed by atoms with Crippen LogP contribution in [0.1, 0.15) is 5.56 Å². The zero-order valence-corrected chi connectivity index (χ0v) is 10.5. The summed E-state index contributed by atoms with van der Waals surface area (Å²) in [5.41, 5.74) is 7.67. The lowest BCUT2D eigenvalue weighted by Crippen LogP contribution is -2.10. The van der Waals surface area contributed by atoms with Crippen LogP contribution in [0.5, 0.6) is 11.5 Å². The molecule has 0 spiro atoms. The largest absolute Gasteiger partial charge is 0.457 e. The Kier molecular flexibility index (Phi) is 4.20. The van der Waals surface area contributed by atoms with Crippen molar-refractivity contribution in [2.24, 2.45) is 0 Å². The Bertz CT molecular complexity index is 477. The molecule has 0 aromatic heterocycles. The van der Waals surface area contributed by atoms with Crippen LogP contribution in [-0.2, 0) is 6.42 Å². The third-order valence-corrected chi connectivity index (χ3v) is 2.70. The van der Waals surface area contributed by atoms with Gasteiger partial charge in [-0.1, -0.05) is 12.1 Å². The van der Waals surface area contributed by atoms with Crippen molar-refractivity contribution in [3.8, 4) is 11.5 Å². The molecule has 2 aromatic rings. The molecule has 2 aromatic carbocycles. The highest BCUT2D eigenvalue weighted by atomic mass is 16.5. The van der Waals surface area contributed by atoms with Gasteiger partial charge in [0, 0.05) is 5.69 Å². The Morgan fingerprint density at radius 2 is 1.50 bits per heavy atom. The van der Waals surface area contributed by atoms with Crippen LogP contribution >= 0.6 is 0 Å². The second kappa shape index (κ2) is 6.07. The highest BCUT2D eigenvalue weighted by Crippen LogP contribution is 2.22. The average Bonchev–Trinajstić information content (AvgIpc) is 2.41. The Labute approximate surface area is 108 Å². The van der Waals surface area contributed by atoms with Crippen LogP contribution < -0.4 is 15.8 Å². The van der Waals surface area contributed by atoms with Crippen LogP contribution in [-0.4, -0.2) is 13.6 Å². The van der Waals surface area contributed by atoms with Crippen molar-refractivity contribution in [3.63, 3.8) is 0 Å². The van der Waals surface area contributed by atoms with Crippen LogP contribution in [0.25, 0.3) is 0 Å². The number of nitrogen functional groups attached to an aromatic ring is 1. The average molecular weight is 242 g/mol. The van der Waals surface area contributed by atoms with E-state index in [1.807, 2.05) is 43.4 Å². The summed E-state index contributed by atoms with van der Waals surface area (Å²) in [6, 6.07) is 15.5. The van der Waals surface area contributed by atoms with Crippen molar-refractivity contribution in [1.82, 2.24) is 5.32 Å². The first-order chi connectivity index (χ1) is 8.78. The summed E-state index contributed by atoms with van der Waals surface area (Å²) >= 11 is 0. The minimum atomic E-state index is 0.741. The summed E-state index contributed by atoms with van der Waals surface area (Å²) in [5, 5.41) is 3.13. The summed E-state index contributed by atoms with van der Waals surface area (Å²) in [4.78, 5) is 0. The first-order valence-corrected chi connectivity index (χ1v) is 6.05. The topological polar surface area (TPSA) is 47.3 Å². The van der Waals surface area contributed by atoms with Gasteiger partial charge in [-0.05, 0) is 62.0 Å². The Hall–Kier alpha value is -2.00. The van der Waals surface area contributed by atoms with E-state index in [0.717, 1.165) is 30.2 Å². The van der Waals surface area contributed by atoms with Crippen molar-refractivity contribution < 1.29 is 4.74 Å². The zero-order valence-electron chi connectivity index (χ0n) is 10.5. The van der Waals surface area contributed by atoms with Crippen LogP contribution in [0.3, 0.4) is 0 Å². The summed E-state index contributed by atoms with van der Waals surface area (Å²) < 4.78 is 5.72. The van der Waals surface area contributed by atoms with Gasteiger partial charge in [-0.25, -0.2) is 0 Å². The van der Waals surface area contributed by atoms with Crippen molar-refractivity contribution in [1.29, 1.82) is 0 Å². The predicted octanol–water partition coefficient (Wildman–Crippen LogP) is 2.82. The maximum atomic E-state index is 5.72. The number of rotatable bonds is 5. The predicted molar refractivity (Wildman–Crippen MR) is 75.0 cm³/mol. The lowest BCUT2D eigenvalue weighted by atomic mass is 10.1. The van der Waals surface area contributed by atoms with Crippen LogP contribution in [0.4, 0.5) is 5.69 Å². The summed E-state index contributed by atoms with van der Waals surface area (Å²) in [6.45, 7) is 0.984. The van der Waals surface area contributed by atoms with Gasteiger partial charge in [-0.15, -0.1) is 0 Å². The first-order valence-electron chi connectivity index (χ1n) is 6.05. The summed E-state index contributed by atoms with van der Waals surface area (Å²) in [5.74, 6) is 1.64. The highest BCUT2D eigenvalue weighted by molar-refractivity contribution is 5.43. The molecule has 3 nitrogen and oxygen atoms in total. The van der Waals surface area contributed by atoms with Crippen LogP contribution in [0.15, 0.2) is 48.5 Å². The number of ether oxygens (including phenoxy) is 1. The number of benzene rings is 2. The van der Waals surface area contributed by atoms with E-state index in [2.05, 4.69) is 17.4 Å². The maximum Gasteiger partial charge on any atom is 0.127 e. The molecule has 0 aliphatic rings. The van der Waals surface area contributed by atoms with Gasteiger partial charge in [0.15, 0.2) is 0 Å². The minimum absolute atomic E-state index is 0.741. The van der Waals surface area contributed by atoms with E-state index in [4.69, 9.17) is 10.5 Å². The van der Waals surface area contributed by atoms with Gasteiger partial charge in [0.25, 0.3) is 0 Å². The molecule has 0 aliphatic carbocycles. The zero-order chi connectivity index (χ0) is 12.8. The number of likely N-dealkylation sites (N-methyl/N-ethyl adjacent to an activating group) is 1. The lowest BCUT2D eigenvalue weighted by molar-refractivity contribution is 0.482. The fourth-order valence-corrected chi connectivity index (χ4v) is 1.67. The van der Waals surface area contributed by atoms with Crippen molar-refractivity contribution in [2.75, 3.05) is 19.3 Å². The summed E-state index contributed by atoms with van der Waals surface area (Å²) in [7, 11) is 1.96. The minimum Gasteiger partial charge on any atom is -0.457 e. The number of nitrogens with one attached hydrogen (secondary N) is 1. The van der Waals surface area contributed by atoms with E-state index in [1.165, 1.54) is 5.56 Å². The van der Waals surface area contributed by atoms with E-state index >= 15 is 0 Å². The Morgan fingerprint density at radius 1 is 0.944 bits per heavy atom. The van der Waals surface area contributed by atoms with Gasteiger partial charge in [0.2, 0.25) is 0 Å². The van der Waals surface area contributed by atoms with E-state index < -0.39 is 0 Å². The third kappa shape index (κ3) is 3.50. The van der Waals surface area contributed by atoms with Crippen molar-refractivity contribution in [3.05, 3.63) is 54.1 Å².